The van der Waals surface area contributed by atoms with Gasteiger partial charge in [-0.05, 0) is 36.2 Å². The maximum absolute atomic E-state index is 12.9. The first-order chi connectivity index (χ1) is 9.24. The van der Waals surface area contributed by atoms with Crippen LogP contribution < -0.4 is 0 Å². The summed E-state index contributed by atoms with van der Waals surface area (Å²) in [6, 6.07) is 14.5. The lowest BCUT2D eigenvalue weighted by molar-refractivity contribution is 0.628. The highest BCUT2D eigenvalue weighted by atomic mass is 19.1. The van der Waals surface area contributed by atoms with E-state index in [1.54, 1.807) is 18.3 Å². The molecule has 2 nitrogen and oxygen atoms in total. The Hall–Kier alpha value is -2.42. The van der Waals surface area contributed by atoms with E-state index in [4.69, 9.17) is 0 Å². The van der Waals surface area contributed by atoms with Crippen molar-refractivity contribution >= 4 is 0 Å². The number of aromatic nitrogens is 2. The van der Waals surface area contributed by atoms with Gasteiger partial charge in [-0.3, -0.25) is 0 Å². The largest absolute Gasteiger partial charge is 0.240 e. The summed E-state index contributed by atoms with van der Waals surface area (Å²) in [6.07, 6.45) is 3.75. The highest BCUT2D eigenvalue weighted by molar-refractivity contribution is 5.62. The Kier molecular flexibility index (Phi) is 2.88. The smallest absolute Gasteiger partial charge is 0.123 e. The molecule has 0 aliphatic rings. The summed E-state index contributed by atoms with van der Waals surface area (Å²) in [6.45, 7) is 2.05. The van der Waals surface area contributed by atoms with E-state index < -0.39 is 0 Å². The van der Waals surface area contributed by atoms with E-state index >= 15 is 0 Å². The van der Waals surface area contributed by atoms with Crippen molar-refractivity contribution in [3.63, 3.8) is 0 Å². The van der Waals surface area contributed by atoms with Crippen LogP contribution in [-0.2, 0) is 0 Å². The molecule has 94 valence electrons. The topological polar surface area (TPSA) is 17.8 Å². The molecule has 0 bridgehead atoms. The maximum atomic E-state index is 12.9. The first kappa shape index (κ1) is 11.7. The number of nitrogens with zero attached hydrogens (tertiary/aromatic N) is 2. The van der Waals surface area contributed by atoms with Gasteiger partial charge in [-0.1, -0.05) is 30.3 Å². The van der Waals surface area contributed by atoms with Crippen molar-refractivity contribution in [1.29, 1.82) is 0 Å². The fraction of sp³-hybridized carbons (Fsp3) is 0.0625. The van der Waals surface area contributed by atoms with E-state index in [0.717, 1.165) is 22.4 Å². The van der Waals surface area contributed by atoms with Crippen LogP contribution in [0.25, 0.3) is 16.8 Å². The fourth-order valence-corrected chi connectivity index (χ4v) is 2.07. The van der Waals surface area contributed by atoms with Gasteiger partial charge in [-0.2, -0.15) is 5.10 Å². The molecule has 0 aliphatic carbocycles. The number of aryl methyl sites for hydroxylation is 1. The summed E-state index contributed by atoms with van der Waals surface area (Å²) in [4.78, 5) is 0. The van der Waals surface area contributed by atoms with Crippen molar-refractivity contribution in [3.05, 3.63) is 72.3 Å². The maximum Gasteiger partial charge on any atom is 0.123 e. The molecule has 0 N–H and O–H groups in total. The summed E-state index contributed by atoms with van der Waals surface area (Å²) in [5.41, 5.74) is 4.15. The van der Waals surface area contributed by atoms with Crippen LogP contribution in [0.4, 0.5) is 4.39 Å². The minimum absolute atomic E-state index is 0.227. The molecular formula is C16H13FN2. The molecule has 0 spiro atoms. The van der Waals surface area contributed by atoms with Gasteiger partial charge < -0.3 is 0 Å². The van der Waals surface area contributed by atoms with Crippen molar-refractivity contribution < 1.29 is 4.39 Å². The normalized spacial score (nSPS) is 10.6. The summed E-state index contributed by atoms with van der Waals surface area (Å²) in [5, 5.41) is 4.37. The Balaban J connectivity index is 2.00. The van der Waals surface area contributed by atoms with Gasteiger partial charge in [-0.15, -0.1) is 0 Å². The first-order valence-corrected chi connectivity index (χ1v) is 6.11. The van der Waals surface area contributed by atoms with E-state index in [1.807, 2.05) is 29.1 Å². The van der Waals surface area contributed by atoms with Gasteiger partial charge in [0, 0.05) is 11.8 Å². The Morgan fingerprint density at radius 1 is 0.947 bits per heavy atom. The van der Waals surface area contributed by atoms with Crippen LogP contribution in [0.3, 0.4) is 0 Å². The van der Waals surface area contributed by atoms with Crippen LogP contribution >= 0.6 is 0 Å². The molecule has 0 amide bonds. The molecule has 0 saturated heterocycles. The third kappa shape index (κ3) is 2.27. The molecule has 0 aliphatic heterocycles. The molecule has 0 saturated carbocycles. The Labute approximate surface area is 111 Å². The van der Waals surface area contributed by atoms with Crippen LogP contribution in [0.2, 0.25) is 0 Å². The monoisotopic (exact) mass is 252 g/mol. The quantitative estimate of drug-likeness (QED) is 0.674. The number of rotatable bonds is 2. The van der Waals surface area contributed by atoms with Crippen molar-refractivity contribution in [2.75, 3.05) is 0 Å². The SMILES string of the molecule is Cc1ccccc1-n1cc(-c2ccc(F)cc2)cn1. The van der Waals surface area contributed by atoms with Gasteiger partial charge >= 0.3 is 0 Å². The predicted octanol–water partition coefficient (Wildman–Crippen LogP) is 3.99. The predicted molar refractivity (Wildman–Crippen MR) is 73.7 cm³/mol. The molecule has 19 heavy (non-hydrogen) atoms. The molecule has 0 unspecified atom stereocenters. The van der Waals surface area contributed by atoms with Crippen molar-refractivity contribution in [1.82, 2.24) is 9.78 Å². The summed E-state index contributed by atoms with van der Waals surface area (Å²) >= 11 is 0. The zero-order valence-electron chi connectivity index (χ0n) is 10.5. The van der Waals surface area contributed by atoms with E-state index in [1.165, 1.54) is 12.1 Å². The second kappa shape index (κ2) is 4.69. The molecular weight excluding hydrogens is 239 g/mol. The molecule has 1 aromatic heterocycles. The average molecular weight is 252 g/mol. The number of halogens is 1. The number of benzene rings is 2. The fourth-order valence-electron chi connectivity index (χ4n) is 2.07. The van der Waals surface area contributed by atoms with E-state index in [-0.39, 0.29) is 5.82 Å². The molecule has 0 radical (unpaired) electrons. The van der Waals surface area contributed by atoms with Gasteiger partial charge in [0.25, 0.3) is 0 Å². The van der Waals surface area contributed by atoms with E-state index in [0.29, 0.717) is 0 Å². The molecule has 0 fully saturated rings. The lowest BCUT2D eigenvalue weighted by Gasteiger charge is -2.04. The highest BCUT2D eigenvalue weighted by Crippen LogP contribution is 2.21. The molecule has 1 heterocycles. The summed E-state index contributed by atoms with van der Waals surface area (Å²) in [7, 11) is 0. The van der Waals surface area contributed by atoms with E-state index in [9.17, 15) is 4.39 Å². The minimum atomic E-state index is -0.227. The third-order valence-corrected chi connectivity index (χ3v) is 3.12. The van der Waals surface area contributed by atoms with Gasteiger partial charge in [0.2, 0.25) is 0 Å². The van der Waals surface area contributed by atoms with Crippen molar-refractivity contribution in [2.24, 2.45) is 0 Å². The molecule has 3 aromatic rings. The molecule has 2 aromatic carbocycles. The van der Waals surface area contributed by atoms with Gasteiger partial charge in [0.15, 0.2) is 0 Å². The standard InChI is InChI=1S/C16H13FN2/c1-12-4-2-3-5-16(12)19-11-14(10-18-19)13-6-8-15(17)9-7-13/h2-11H,1H3. The third-order valence-electron chi connectivity index (χ3n) is 3.12. The van der Waals surface area contributed by atoms with Crippen LogP contribution in [0.5, 0.6) is 0 Å². The zero-order chi connectivity index (χ0) is 13.2. The molecule has 0 atom stereocenters. The lowest BCUT2D eigenvalue weighted by atomic mass is 10.1. The number of para-hydroxylation sites is 1. The molecule has 3 heteroatoms. The Morgan fingerprint density at radius 3 is 2.42 bits per heavy atom. The highest BCUT2D eigenvalue weighted by Gasteiger charge is 2.05. The van der Waals surface area contributed by atoms with Crippen LogP contribution in [0.15, 0.2) is 60.9 Å². The Bertz CT molecular complexity index is 699. The van der Waals surface area contributed by atoms with Gasteiger partial charge in [0.05, 0.1) is 11.9 Å². The number of hydrogen-bond acceptors (Lipinski definition) is 1. The number of hydrogen-bond donors (Lipinski definition) is 0. The second-order valence-corrected chi connectivity index (χ2v) is 4.47. The van der Waals surface area contributed by atoms with Crippen LogP contribution in [0, 0.1) is 12.7 Å². The zero-order valence-corrected chi connectivity index (χ0v) is 10.5. The average Bonchev–Trinajstić information content (AvgIpc) is 2.89. The summed E-state index contributed by atoms with van der Waals surface area (Å²) in [5.74, 6) is -0.227. The van der Waals surface area contributed by atoms with E-state index in [2.05, 4.69) is 18.1 Å². The lowest BCUT2D eigenvalue weighted by Crippen LogP contribution is -1.96. The van der Waals surface area contributed by atoms with Crippen LogP contribution in [0.1, 0.15) is 5.56 Å². The first-order valence-electron chi connectivity index (χ1n) is 6.11. The minimum Gasteiger partial charge on any atom is -0.240 e. The van der Waals surface area contributed by atoms with Crippen molar-refractivity contribution in [2.45, 2.75) is 6.92 Å². The van der Waals surface area contributed by atoms with Crippen LogP contribution in [-0.4, -0.2) is 9.78 Å². The summed E-state index contributed by atoms with van der Waals surface area (Å²) < 4.78 is 14.7. The van der Waals surface area contributed by atoms with Crippen molar-refractivity contribution in [3.8, 4) is 16.8 Å². The van der Waals surface area contributed by atoms with Gasteiger partial charge in [-0.25, -0.2) is 9.07 Å². The Morgan fingerprint density at radius 2 is 1.68 bits per heavy atom. The second-order valence-electron chi connectivity index (χ2n) is 4.47. The molecule has 3 rings (SSSR count). The van der Waals surface area contributed by atoms with Gasteiger partial charge in [0.1, 0.15) is 5.82 Å².